The molecule has 0 spiro atoms. The lowest BCUT2D eigenvalue weighted by Gasteiger charge is -2.27. The van der Waals surface area contributed by atoms with Crippen LogP contribution < -0.4 is 9.80 Å². The molecule has 0 amide bonds. The van der Waals surface area contributed by atoms with Gasteiger partial charge in [0.25, 0.3) is 0 Å². The summed E-state index contributed by atoms with van der Waals surface area (Å²) in [4.78, 5) is 4.57. The van der Waals surface area contributed by atoms with E-state index in [4.69, 9.17) is 0 Å². The standard InChI is InChI=1S/C34H30N2/c1-34(2)32-17-11-10-16-30(32)31-23-22-29(24-33(31)34)35(3)25-18-20-28(21-19-25)36(26-12-6-4-7-13-26)27-14-8-5-9-15-27/h4-24H,1-3H3. The average Bonchev–Trinajstić information content (AvgIpc) is 3.16. The summed E-state index contributed by atoms with van der Waals surface area (Å²) in [7, 11) is 2.15. The lowest BCUT2D eigenvalue weighted by molar-refractivity contribution is 0.660. The first-order valence-corrected chi connectivity index (χ1v) is 12.5. The summed E-state index contributed by atoms with van der Waals surface area (Å²) >= 11 is 0. The first kappa shape index (κ1) is 22.2. The Balaban J connectivity index is 1.33. The van der Waals surface area contributed by atoms with Crippen LogP contribution in [0.15, 0.2) is 127 Å². The lowest BCUT2D eigenvalue weighted by Crippen LogP contribution is -2.16. The van der Waals surface area contributed by atoms with Crippen LogP contribution in [0, 0.1) is 0 Å². The number of nitrogens with zero attached hydrogens (tertiary/aromatic N) is 2. The fraction of sp³-hybridized carbons (Fsp3) is 0.118. The summed E-state index contributed by atoms with van der Waals surface area (Å²) in [6.45, 7) is 4.66. The SMILES string of the molecule is CN(c1ccc(N(c2ccccc2)c2ccccc2)cc1)c1ccc2c(c1)C(C)(C)c1ccccc1-2. The van der Waals surface area contributed by atoms with Crippen LogP contribution in [0.25, 0.3) is 11.1 Å². The smallest absolute Gasteiger partial charge is 0.0463 e. The lowest BCUT2D eigenvalue weighted by atomic mass is 9.82. The minimum Gasteiger partial charge on any atom is -0.345 e. The number of hydrogen-bond acceptors (Lipinski definition) is 2. The molecule has 0 fully saturated rings. The molecule has 0 saturated heterocycles. The van der Waals surface area contributed by atoms with E-state index in [1.807, 2.05) is 0 Å². The fourth-order valence-corrected chi connectivity index (χ4v) is 5.48. The van der Waals surface area contributed by atoms with Gasteiger partial charge < -0.3 is 9.80 Å². The number of anilines is 5. The quantitative estimate of drug-likeness (QED) is 0.255. The molecule has 1 aliphatic rings. The highest BCUT2D eigenvalue weighted by Crippen LogP contribution is 2.49. The van der Waals surface area contributed by atoms with Crippen LogP contribution in [0.3, 0.4) is 0 Å². The Labute approximate surface area is 214 Å². The molecular weight excluding hydrogens is 436 g/mol. The van der Waals surface area contributed by atoms with Crippen LogP contribution in [0.5, 0.6) is 0 Å². The second kappa shape index (κ2) is 8.73. The minimum atomic E-state index is -0.00149. The van der Waals surface area contributed by atoms with E-state index in [0.29, 0.717) is 0 Å². The molecule has 0 radical (unpaired) electrons. The van der Waals surface area contributed by atoms with E-state index in [0.717, 1.165) is 22.7 Å². The highest BCUT2D eigenvalue weighted by atomic mass is 15.1. The Bertz CT molecular complexity index is 1460. The van der Waals surface area contributed by atoms with Crippen LogP contribution in [0.2, 0.25) is 0 Å². The van der Waals surface area contributed by atoms with Gasteiger partial charge in [-0.25, -0.2) is 0 Å². The molecular formula is C34H30N2. The first-order valence-electron chi connectivity index (χ1n) is 12.5. The van der Waals surface area contributed by atoms with Crippen LogP contribution >= 0.6 is 0 Å². The summed E-state index contributed by atoms with van der Waals surface area (Å²) in [5.41, 5.74) is 11.3. The largest absolute Gasteiger partial charge is 0.345 e. The maximum atomic E-state index is 2.36. The van der Waals surface area contributed by atoms with Crippen LogP contribution in [0.1, 0.15) is 25.0 Å². The minimum absolute atomic E-state index is 0.00149. The monoisotopic (exact) mass is 466 g/mol. The number of para-hydroxylation sites is 2. The molecule has 0 aromatic heterocycles. The molecule has 2 heteroatoms. The molecule has 2 nitrogen and oxygen atoms in total. The van der Waals surface area contributed by atoms with Crippen molar-refractivity contribution in [2.75, 3.05) is 16.8 Å². The number of hydrogen-bond donors (Lipinski definition) is 0. The molecule has 6 rings (SSSR count). The molecule has 1 aliphatic carbocycles. The Kier molecular flexibility index (Phi) is 5.38. The zero-order valence-electron chi connectivity index (χ0n) is 21.0. The molecule has 0 N–H and O–H groups in total. The van der Waals surface area contributed by atoms with Crippen molar-refractivity contribution in [3.8, 4) is 11.1 Å². The summed E-state index contributed by atoms with van der Waals surface area (Å²) < 4.78 is 0. The van der Waals surface area contributed by atoms with Crippen LogP contribution in [0.4, 0.5) is 28.4 Å². The van der Waals surface area contributed by atoms with Crippen molar-refractivity contribution in [2.24, 2.45) is 0 Å². The second-order valence-electron chi connectivity index (χ2n) is 9.98. The van der Waals surface area contributed by atoms with Crippen molar-refractivity contribution in [3.05, 3.63) is 139 Å². The third-order valence-electron chi connectivity index (χ3n) is 7.48. The first-order chi connectivity index (χ1) is 17.5. The molecule has 0 atom stereocenters. The summed E-state index contributed by atoms with van der Waals surface area (Å²) in [6, 6.07) is 45.6. The fourth-order valence-electron chi connectivity index (χ4n) is 5.48. The van der Waals surface area contributed by atoms with Crippen molar-refractivity contribution >= 4 is 28.4 Å². The van der Waals surface area contributed by atoms with E-state index in [2.05, 4.69) is 158 Å². The van der Waals surface area contributed by atoms with E-state index in [1.54, 1.807) is 0 Å². The van der Waals surface area contributed by atoms with Gasteiger partial charge in [-0.15, -0.1) is 0 Å². The van der Waals surface area contributed by atoms with Gasteiger partial charge in [0.1, 0.15) is 0 Å². The maximum absolute atomic E-state index is 2.36. The third kappa shape index (κ3) is 3.67. The van der Waals surface area contributed by atoms with Crippen molar-refractivity contribution in [3.63, 3.8) is 0 Å². The molecule has 5 aromatic carbocycles. The molecule has 0 unspecified atom stereocenters. The second-order valence-corrected chi connectivity index (χ2v) is 9.98. The van der Waals surface area contributed by atoms with E-state index in [9.17, 15) is 0 Å². The normalized spacial score (nSPS) is 13.1. The summed E-state index contributed by atoms with van der Waals surface area (Å²) in [5.74, 6) is 0. The van der Waals surface area contributed by atoms with Gasteiger partial charge in [0, 0.05) is 40.9 Å². The van der Waals surface area contributed by atoms with E-state index >= 15 is 0 Å². The molecule has 36 heavy (non-hydrogen) atoms. The van der Waals surface area contributed by atoms with Gasteiger partial charge in [-0.1, -0.05) is 80.6 Å². The zero-order chi connectivity index (χ0) is 24.7. The molecule has 0 saturated carbocycles. The predicted molar refractivity (Wildman–Crippen MR) is 153 cm³/mol. The van der Waals surface area contributed by atoms with Gasteiger partial charge in [-0.3, -0.25) is 0 Å². The third-order valence-corrected chi connectivity index (χ3v) is 7.48. The van der Waals surface area contributed by atoms with Crippen LogP contribution in [-0.4, -0.2) is 7.05 Å². The Morgan fingerprint density at radius 3 is 1.56 bits per heavy atom. The van der Waals surface area contributed by atoms with Gasteiger partial charge >= 0.3 is 0 Å². The molecule has 0 heterocycles. The number of fused-ring (bicyclic) bond motifs is 3. The number of rotatable bonds is 5. The topological polar surface area (TPSA) is 6.48 Å². The van der Waals surface area contributed by atoms with Crippen LogP contribution in [-0.2, 0) is 5.41 Å². The molecule has 5 aromatic rings. The summed E-state index contributed by atoms with van der Waals surface area (Å²) in [6.07, 6.45) is 0. The van der Waals surface area contributed by atoms with Gasteiger partial charge in [0.2, 0.25) is 0 Å². The van der Waals surface area contributed by atoms with Crippen molar-refractivity contribution in [2.45, 2.75) is 19.3 Å². The highest BCUT2D eigenvalue weighted by Gasteiger charge is 2.35. The van der Waals surface area contributed by atoms with Gasteiger partial charge in [-0.2, -0.15) is 0 Å². The zero-order valence-corrected chi connectivity index (χ0v) is 21.0. The maximum Gasteiger partial charge on any atom is 0.0463 e. The van der Waals surface area contributed by atoms with Gasteiger partial charge in [-0.05, 0) is 82.9 Å². The average molecular weight is 467 g/mol. The molecule has 0 bridgehead atoms. The van der Waals surface area contributed by atoms with Crippen molar-refractivity contribution in [1.82, 2.24) is 0 Å². The molecule has 0 aliphatic heterocycles. The predicted octanol–water partition coefficient (Wildman–Crippen LogP) is 9.23. The number of benzene rings is 5. The van der Waals surface area contributed by atoms with Crippen molar-refractivity contribution < 1.29 is 0 Å². The Morgan fingerprint density at radius 1 is 0.444 bits per heavy atom. The van der Waals surface area contributed by atoms with E-state index in [-0.39, 0.29) is 5.41 Å². The highest BCUT2D eigenvalue weighted by molar-refractivity contribution is 5.83. The Hall–Kier alpha value is -4.30. The van der Waals surface area contributed by atoms with E-state index in [1.165, 1.54) is 27.9 Å². The Morgan fingerprint density at radius 2 is 0.917 bits per heavy atom. The summed E-state index contributed by atoms with van der Waals surface area (Å²) in [5, 5.41) is 0. The van der Waals surface area contributed by atoms with Gasteiger partial charge in [0.05, 0.1) is 0 Å². The van der Waals surface area contributed by atoms with E-state index < -0.39 is 0 Å². The van der Waals surface area contributed by atoms with Crippen molar-refractivity contribution in [1.29, 1.82) is 0 Å². The molecule has 176 valence electrons. The van der Waals surface area contributed by atoms with Gasteiger partial charge in [0.15, 0.2) is 0 Å².